The topological polar surface area (TPSA) is 113 Å². The van der Waals surface area contributed by atoms with Gasteiger partial charge in [-0.1, -0.05) is 6.07 Å². The maximum absolute atomic E-state index is 12.7. The zero-order valence-electron chi connectivity index (χ0n) is 12.6. The van der Waals surface area contributed by atoms with E-state index in [1.54, 1.807) is 6.92 Å². The van der Waals surface area contributed by atoms with Gasteiger partial charge < -0.3 is 15.2 Å². The zero-order chi connectivity index (χ0) is 17.0. The van der Waals surface area contributed by atoms with Crippen molar-refractivity contribution in [2.45, 2.75) is 11.8 Å². The van der Waals surface area contributed by atoms with Gasteiger partial charge >= 0.3 is 5.97 Å². The maximum atomic E-state index is 12.7. The van der Waals surface area contributed by atoms with E-state index in [2.05, 4.69) is 5.32 Å². The molecule has 0 spiro atoms. The van der Waals surface area contributed by atoms with Crippen molar-refractivity contribution in [1.29, 1.82) is 0 Å². The van der Waals surface area contributed by atoms with Crippen LogP contribution in [0.5, 0.6) is 0 Å². The van der Waals surface area contributed by atoms with Crippen LogP contribution in [0.1, 0.15) is 15.9 Å². The number of aliphatic carboxylic acids is 1. The lowest BCUT2D eigenvalue weighted by Gasteiger charge is -2.26. The highest BCUT2D eigenvalue weighted by Gasteiger charge is 2.28. The first-order valence-electron chi connectivity index (χ1n) is 7.01. The first-order valence-corrected chi connectivity index (χ1v) is 8.45. The van der Waals surface area contributed by atoms with Gasteiger partial charge in [-0.15, -0.1) is 0 Å². The summed E-state index contributed by atoms with van der Waals surface area (Å²) in [6.45, 7) is 2.30. The molecule has 2 N–H and O–H groups in total. The van der Waals surface area contributed by atoms with Gasteiger partial charge in [0.05, 0.1) is 18.1 Å². The molecule has 1 saturated heterocycles. The summed E-state index contributed by atoms with van der Waals surface area (Å²) in [7, 11) is -3.72. The quantitative estimate of drug-likeness (QED) is 0.768. The molecular weight excluding hydrogens is 324 g/mol. The second kappa shape index (κ2) is 7.07. The molecule has 1 heterocycles. The van der Waals surface area contributed by atoms with Gasteiger partial charge in [0.15, 0.2) is 0 Å². The van der Waals surface area contributed by atoms with Crippen molar-refractivity contribution < 1.29 is 27.9 Å². The Morgan fingerprint density at radius 1 is 1.30 bits per heavy atom. The number of aryl methyl sites for hydroxylation is 1. The number of nitrogens with one attached hydrogen (secondary N) is 1. The predicted octanol–water partition coefficient (Wildman–Crippen LogP) is -0.170. The smallest absolute Gasteiger partial charge is 0.322 e. The number of hydrogen-bond donors (Lipinski definition) is 2. The molecule has 2 rings (SSSR count). The van der Waals surface area contributed by atoms with Crippen LogP contribution in [0.4, 0.5) is 0 Å². The number of hydrogen-bond acceptors (Lipinski definition) is 5. The minimum absolute atomic E-state index is 0.0439. The molecule has 1 aliphatic rings. The molecule has 0 atom stereocenters. The molecule has 126 valence electrons. The molecule has 1 aromatic carbocycles. The van der Waals surface area contributed by atoms with E-state index in [0.717, 1.165) is 0 Å². The molecule has 0 aromatic heterocycles. The van der Waals surface area contributed by atoms with E-state index >= 15 is 0 Å². The Balaban J connectivity index is 2.29. The fraction of sp³-hybridized carbons (Fsp3) is 0.429. The lowest BCUT2D eigenvalue weighted by atomic mass is 10.1. The number of benzene rings is 1. The van der Waals surface area contributed by atoms with E-state index in [9.17, 15) is 18.0 Å². The number of rotatable bonds is 5. The number of amides is 1. The minimum Gasteiger partial charge on any atom is -0.480 e. The fourth-order valence-electron chi connectivity index (χ4n) is 2.20. The van der Waals surface area contributed by atoms with Gasteiger partial charge in [-0.25, -0.2) is 8.42 Å². The van der Waals surface area contributed by atoms with Crippen LogP contribution < -0.4 is 5.32 Å². The van der Waals surface area contributed by atoms with Gasteiger partial charge in [-0.05, 0) is 24.6 Å². The molecule has 1 amide bonds. The number of carboxylic acid groups (broad SMARTS) is 1. The van der Waals surface area contributed by atoms with Gasteiger partial charge in [0.25, 0.3) is 5.91 Å². The van der Waals surface area contributed by atoms with Crippen molar-refractivity contribution in [3.05, 3.63) is 29.3 Å². The number of carboxylic acids is 1. The van der Waals surface area contributed by atoms with Crippen molar-refractivity contribution in [3.8, 4) is 0 Å². The minimum atomic E-state index is -3.72. The van der Waals surface area contributed by atoms with Gasteiger partial charge in [0.2, 0.25) is 10.0 Å². The maximum Gasteiger partial charge on any atom is 0.322 e. The first kappa shape index (κ1) is 17.4. The third-order valence-corrected chi connectivity index (χ3v) is 5.48. The summed E-state index contributed by atoms with van der Waals surface area (Å²) in [5, 5.41) is 10.8. The van der Waals surface area contributed by atoms with Gasteiger partial charge in [0, 0.05) is 18.7 Å². The Kier molecular flexibility index (Phi) is 5.34. The van der Waals surface area contributed by atoms with Crippen LogP contribution in [0, 0.1) is 6.92 Å². The Morgan fingerprint density at radius 3 is 2.57 bits per heavy atom. The van der Waals surface area contributed by atoms with Gasteiger partial charge in [0.1, 0.15) is 6.54 Å². The van der Waals surface area contributed by atoms with Crippen LogP contribution >= 0.6 is 0 Å². The van der Waals surface area contributed by atoms with Crippen LogP contribution in [-0.4, -0.2) is 62.6 Å². The highest BCUT2D eigenvalue weighted by Crippen LogP contribution is 2.22. The largest absolute Gasteiger partial charge is 0.480 e. The average Bonchev–Trinajstić information content (AvgIpc) is 2.53. The molecule has 8 nitrogen and oxygen atoms in total. The third kappa shape index (κ3) is 4.06. The number of carbonyl (C=O) groups excluding carboxylic acids is 1. The third-order valence-electron chi connectivity index (χ3n) is 3.44. The second-order valence-electron chi connectivity index (χ2n) is 5.07. The molecule has 1 aromatic rings. The lowest BCUT2D eigenvalue weighted by molar-refractivity contribution is -0.135. The van der Waals surface area contributed by atoms with Crippen molar-refractivity contribution in [2.24, 2.45) is 0 Å². The molecule has 0 radical (unpaired) electrons. The van der Waals surface area contributed by atoms with Crippen LogP contribution in [0.15, 0.2) is 23.1 Å². The molecule has 1 fully saturated rings. The Morgan fingerprint density at radius 2 is 1.96 bits per heavy atom. The summed E-state index contributed by atoms with van der Waals surface area (Å²) in [6.07, 6.45) is 0. The summed E-state index contributed by atoms with van der Waals surface area (Å²) in [5.74, 6) is -1.81. The Bertz CT molecular complexity index is 710. The zero-order valence-corrected chi connectivity index (χ0v) is 13.4. The Labute approximate surface area is 134 Å². The van der Waals surface area contributed by atoms with E-state index in [1.165, 1.54) is 22.5 Å². The van der Waals surface area contributed by atoms with Crippen LogP contribution in [-0.2, 0) is 19.6 Å². The van der Waals surface area contributed by atoms with Crippen LogP contribution in [0.2, 0.25) is 0 Å². The summed E-state index contributed by atoms with van der Waals surface area (Å²) in [6, 6.07) is 4.27. The monoisotopic (exact) mass is 342 g/mol. The summed E-state index contributed by atoms with van der Waals surface area (Å²) in [5.41, 5.74) is 0.620. The first-order chi connectivity index (χ1) is 10.8. The molecule has 9 heteroatoms. The average molecular weight is 342 g/mol. The standard InChI is InChI=1S/C14H18N2O6S/c1-10-2-3-11(14(19)15-9-13(17)18)8-12(10)23(20,21)16-4-6-22-7-5-16/h2-3,8H,4-7,9H2,1H3,(H,15,19)(H,17,18). The van der Waals surface area contributed by atoms with Crippen LogP contribution in [0.25, 0.3) is 0 Å². The highest BCUT2D eigenvalue weighted by atomic mass is 32.2. The number of carbonyl (C=O) groups is 2. The molecule has 23 heavy (non-hydrogen) atoms. The lowest BCUT2D eigenvalue weighted by Crippen LogP contribution is -2.41. The van der Waals surface area contributed by atoms with Crippen molar-refractivity contribution in [2.75, 3.05) is 32.8 Å². The fourth-order valence-corrected chi connectivity index (χ4v) is 3.86. The predicted molar refractivity (Wildman–Crippen MR) is 80.7 cm³/mol. The van der Waals surface area contributed by atoms with E-state index in [0.29, 0.717) is 18.8 Å². The number of morpholine rings is 1. The normalized spacial score (nSPS) is 16.0. The van der Waals surface area contributed by atoms with E-state index in [-0.39, 0.29) is 23.5 Å². The number of sulfonamides is 1. The number of ether oxygens (including phenoxy) is 1. The molecule has 0 unspecified atom stereocenters. The van der Waals surface area contributed by atoms with Gasteiger partial charge in [-0.3, -0.25) is 9.59 Å². The van der Waals surface area contributed by atoms with Crippen molar-refractivity contribution in [3.63, 3.8) is 0 Å². The molecule has 0 saturated carbocycles. The van der Waals surface area contributed by atoms with E-state index < -0.39 is 28.4 Å². The van der Waals surface area contributed by atoms with E-state index in [4.69, 9.17) is 9.84 Å². The van der Waals surface area contributed by atoms with Crippen molar-refractivity contribution in [1.82, 2.24) is 9.62 Å². The van der Waals surface area contributed by atoms with Gasteiger partial charge in [-0.2, -0.15) is 4.31 Å². The molecule has 1 aliphatic heterocycles. The summed E-state index contributed by atoms with van der Waals surface area (Å²) >= 11 is 0. The molecule has 0 aliphatic carbocycles. The summed E-state index contributed by atoms with van der Waals surface area (Å²) in [4.78, 5) is 22.4. The number of nitrogens with zero attached hydrogens (tertiary/aromatic N) is 1. The SMILES string of the molecule is Cc1ccc(C(=O)NCC(=O)O)cc1S(=O)(=O)N1CCOCC1. The van der Waals surface area contributed by atoms with Crippen molar-refractivity contribution >= 4 is 21.9 Å². The molecular formula is C14H18N2O6S. The molecule has 0 bridgehead atoms. The summed E-state index contributed by atoms with van der Waals surface area (Å²) < 4.78 is 31.9. The van der Waals surface area contributed by atoms with E-state index in [1.807, 2.05) is 0 Å². The highest BCUT2D eigenvalue weighted by molar-refractivity contribution is 7.89. The second-order valence-corrected chi connectivity index (χ2v) is 6.98. The Hall–Kier alpha value is -1.97. The van der Waals surface area contributed by atoms with Crippen LogP contribution in [0.3, 0.4) is 0 Å².